The zero-order valence-corrected chi connectivity index (χ0v) is 14.5. The van der Waals surface area contributed by atoms with E-state index in [2.05, 4.69) is 21.4 Å². The van der Waals surface area contributed by atoms with Crippen LogP contribution in [0, 0.1) is 17.2 Å². The zero-order chi connectivity index (χ0) is 17.6. The van der Waals surface area contributed by atoms with Gasteiger partial charge >= 0.3 is 0 Å². The van der Waals surface area contributed by atoms with Crippen molar-refractivity contribution in [3.63, 3.8) is 0 Å². The molecule has 1 aliphatic rings. The number of carbonyl (C=O) groups excluding carboxylic acids is 1. The second kappa shape index (κ2) is 7.95. The number of nitriles is 1. The standard InChI is InChI=1S/C19H23N5O/c1-15(25)21-13-17-6-9-23(10-7-17)14-24-11-8-19(22-24)18-4-2-16(12-20)3-5-18/h2-5,8,11,17H,6-7,9-10,13-14H2,1H3,(H,21,25). The van der Waals surface area contributed by atoms with E-state index in [-0.39, 0.29) is 5.91 Å². The number of nitrogens with one attached hydrogen (secondary N) is 1. The van der Waals surface area contributed by atoms with Gasteiger partial charge in [-0.2, -0.15) is 10.4 Å². The van der Waals surface area contributed by atoms with Gasteiger partial charge in [-0.3, -0.25) is 14.4 Å². The van der Waals surface area contributed by atoms with E-state index in [9.17, 15) is 4.79 Å². The maximum atomic E-state index is 11.0. The normalized spacial score (nSPS) is 15.7. The van der Waals surface area contributed by atoms with Crippen LogP contribution in [0.3, 0.4) is 0 Å². The SMILES string of the molecule is CC(=O)NCC1CCN(Cn2ccc(-c3ccc(C#N)cc3)n2)CC1. The minimum absolute atomic E-state index is 0.0503. The van der Waals surface area contributed by atoms with Gasteiger partial charge in [-0.25, -0.2) is 0 Å². The molecule has 1 saturated heterocycles. The summed E-state index contributed by atoms with van der Waals surface area (Å²) in [4.78, 5) is 13.4. The van der Waals surface area contributed by atoms with Crippen LogP contribution >= 0.6 is 0 Å². The highest BCUT2D eigenvalue weighted by atomic mass is 16.1. The van der Waals surface area contributed by atoms with Crippen molar-refractivity contribution in [2.24, 2.45) is 5.92 Å². The number of benzene rings is 1. The first-order chi connectivity index (χ1) is 12.1. The third kappa shape index (κ3) is 4.68. The van der Waals surface area contributed by atoms with Crippen LogP contribution in [0.5, 0.6) is 0 Å². The molecule has 0 atom stereocenters. The summed E-state index contributed by atoms with van der Waals surface area (Å²) in [6.45, 7) is 5.18. The van der Waals surface area contributed by atoms with Crippen molar-refractivity contribution < 1.29 is 4.79 Å². The molecule has 0 unspecified atom stereocenters. The lowest BCUT2D eigenvalue weighted by atomic mass is 9.97. The van der Waals surface area contributed by atoms with E-state index < -0.39 is 0 Å². The smallest absolute Gasteiger partial charge is 0.216 e. The molecule has 0 radical (unpaired) electrons. The number of hydrogen-bond acceptors (Lipinski definition) is 4. The van der Waals surface area contributed by atoms with Crippen LogP contribution in [-0.2, 0) is 11.5 Å². The quantitative estimate of drug-likeness (QED) is 0.908. The Morgan fingerprint density at radius 3 is 2.64 bits per heavy atom. The van der Waals surface area contributed by atoms with Gasteiger partial charge in [-0.1, -0.05) is 12.1 Å². The van der Waals surface area contributed by atoms with Crippen molar-refractivity contribution in [1.82, 2.24) is 20.0 Å². The van der Waals surface area contributed by atoms with E-state index in [1.165, 1.54) is 0 Å². The molecule has 1 amide bonds. The van der Waals surface area contributed by atoms with Crippen LogP contribution in [0.25, 0.3) is 11.3 Å². The van der Waals surface area contributed by atoms with Crippen molar-refractivity contribution >= 4 is 5.91 Å². The molecule has 1 aromatic carbocycles. The van der Waals surface area contributed by atoms with Crippen LogP contribution in [0.2, 0.25) is 0 Å². The summed E-state index contributed by atoms with van der Waals surface area (Å²) in [6, 6.07) is 11.6. The first-order valence-electron chi connectivity index (χ1n) is 8.65. The molecule has 0 saturated carbocycles. The number of aromatic nitrogens is 2. The van der Waals surface area contributed by atoms with Gasteiger partial charge in [0.15, 0.2) is 0 Å². The van der Waals surface area contributed by atoms with Gasteiger partial charge in [-0.15, -0.1) is 0 Å². The monoisotopic (exact) mass is 337 g/mol. The van der Waals surface area contributed by atoms with Crippen LogP contribution in [0.1, 0.15) is 25.3 Å². The second-order valence-corrected chi connectivity index (χ2v) is 6.57. The summed E-state index contributed by atoms with van der Waals surface area (Å²) in [6.07, 6.45) is 4.20. The fourth-order valence-corrected chi connectivity index (χ4v) is 3.13. The predicted molar refractivity (Wildman–Crippen MR) is 95.4 cm³/mol. The molecule has 6 nitrogen and oxygen atoms in total. The average Bonchev–Trinajstić information content (AvgIpc) is 3.09. The van der Waals surface area contributed by atoms with Crippen LogP contribution in [0.15, 0.2) is 36.5 Å². The highest BCUT2D eigenvalue weighted by Gasteiger charge is 2.19. The van der Waals surface area contributed by atoms with E-state index in [0.29, 0.717) is 11.5 Å². The molecule has 6 heteroatoms. The maximum Gasteiger partial charge on any atom is 0.216 e. The van der Waals surface area contributed by atoms with Crippen LogP contribution < -0.4 is 5.32 Å². The highest BCUT2D eigenvalue weighted by Crippen LogP contribution is 2.19. The van der Waals surface area contributed by atoms with Gasteiger partial charge in [-0.05, 0) is 37.0 Å². The Bertz CT molecular complexity index is 751. The van der Waals surface area contributed by atoms with Crippen molar-refractivity contribution in [2.45, 2.75) is 26.4 Å². The molecule has 0 bridgehead atoms. The Kier molecular flexibility index (Phi) is 5.46. The summed E-state index contributed by atoms with van der Waals surface area (Å²) in [5.74, 6) is 0.626. The minimum atomic E-state index is 0.0503. The van der Waals surface area contributed by atoms with Crippen LogP contribution in [-0.4, -0.2) is 40.2 Å². The van der Waals surface area contributed by atoms with E-state index in [4.69, 9.17) is 5.26 Å². The number of amides is 1. The fourth-order valence-electron chi connectivity index (χ4n) is 3.13. The van der Waals surface area contributed by atoms with Gasteiger partial charge < -0.3 is 5.32 Å². The zero-order valence-electron chi connectivity index (χ0n) is 14.5. The summed E-state index contributed by atoms with van der Waals surface area (Å²) >= 11 is 0. The number of rotatable bonds is 5. The number of carbonyl (C=O) groups is 1. The molecule has 3 rings (SSSR count). The van der Waals surface area contributed by atoms with Gasteiger partial charge in [0.05, 0.1) is 24.0 Å². The van der Waals surface area contributed by atoms with Crippen molar-refractivity contribution in [1.29, 1.82) is 5.26 Å². The molecule has 25 heavy (non-hydrogen) atoms. The topological polar surface area (TPSA) is 74.0 Å². The van der Waals surface area contributed by atoms with E-state index in [0.717, 1.165) is 50.4 Å². The summed E-state index contributed by atoms with van der Waals surface area (Å²) in [5, 5.41) is 16.4. The van der Waals surface area contributed by atoms with Gasteiger partial charge in [0.25, 0.3) is 0 Å². The number of piperidine rings is 1. The lowest BCUT2D eigenvalue weighted by molar-refractivity contribution is -0.119. The third-order valence-electron chi connectivity index (χ3n) is 4.64. The number of hydrogen-bond donors (Lipinski definition) is 1. The van der Waals surface area contributed by atoms with Gasteiger partial charge in [0.2, 0.25) is 5.91 Å². The van der Waals surface area contributed by atoms with Crippen molar-refractivity contribution in [2.75, 3.05) is 19.6 Å². The Morgan fingerprint density at radius 1 is 1.28 bits per heavy atom. The Balaban J connectivity index is 1.52. The molecule has 1 fully saturated rings. The molecule has 1 aromatic heterocycles. The summed E-state index contributed by atoms with van der Waals surface area (Å²) in [5.41, 5.74) is 2.60. The Labute approximate surface area is 148 Å². The summed E-state index contributed by atoms with van der Waals surface area (Å²) < 4.78 is 1.96. The first-order valence-corrected chi connectivity index (χ1v) is 8.65. The van der Waals surface area contributed by atoms with Crippen LogP contribution in [0.4, 0.5) is 0 Å². The molecule has 1 aliphatic heterocycles. The Hall–Kier alpha value is -2.65. The molecule has 0 spiro atoms. The van der Waals surface area contributed by atoms with Gasteiger partial charge in [0, 0.05) is 38.3 Å². The molecule has 2 heterocycles. The molecule has 1 N–H and O–H groups in total. The third-order valence-corrected chi connectivity index (χ3v) is 4.64. The minimum Gasteiger partial charge on any atom is -0.356 e. The lowest BCUT2D eigenvalue weighted by Gasteiger charge is -2.31. The largest absolute Gasteiger partial charge is 0.356 e. The lowest BCUT2D eigenvalue weighted by Crippen LogP contribution is -2.39. The highest BCUT2D eigenvalue weighted by molar-refractivity contribution is 5.72. The molecular formula is C19H23N5O. The molecular weight excluding hydrogens is 314 g/mol. The molecule has 2 aromatic rings. The Morgan fingerprint density at radius 2 is 2.00 bits per heavy atom. The number of likely N-dealkylation sites (tertiary alicyclic amines) is 1. The predicted octanol–water partition coefficient (Wildman–Crippen LogP) is 2.23. The molecule has 130 valence electrons. The summed E-state index contributed by atoms with van der Waals surface area (Å²) in [7, 11) is 0. The fraction of sp³-hybridized carbons (Fsp3) is 0.421. The molecule has 0 aliphatic carbocycles. The average molecular weight is 337 g/mol. The second-order valence-electron chi connectivity index (χ2n) is 6.57. The van der Waals surface area contributed by atoms with Crippen molar-refractivity contribution in [3.8, 4) is 17.3 Å². The van der Waals surface area contributed by atoms with E-state index in [1.807, 2.05) is 41.2 Å². The maximum absolute atomic E-state index is 11.0. The first kappa shape index (κ1) is 17.2. The van der Waals surface area contributed by atoms with E-state index in [1.54, 1.807) is 6.92 Å². The van der Waals surface area contributed by atoms with E-state index >= 15 is 0 Å². The van der Waals surface area contributed by atoms with Crippen molar-refractivity contribution in [3.05, 3.63) is 42.1 Å². The number of nitrogens with zero attached hydrogens (tertiary/aromatic N) is 4. The van der Waals surface area contributed by atoms with Gasteiger partial charge in [0.1, 0.15) is 0 Å².